The van der Waals surface area contributed by atoms with Crippen LogP contribution >= 0.6 is 0 Å². The number of aromatic nitrogens is 3. The van der Waals surface area contributed by atoms with E-state index < -0.39 is 5.82 Å². The number of hydrogen-bond donors (Lipinski definition) is 2. The number of aryl methyl sites for hydroxylation is 1. The lowest BCUT2D eigenvalue weighted by Crippen LogP contribution is -2.45. The van der Waals surface area contributed by atoms with Crippen molar-refractivity contribution >= 4 is 16.8 Å². The van der Waals surface area contributed by atoms with E-state index in [2.05, 4.69) is 15.7 Å². The molecule has 0 bridgehead atoms. The van der Waals surface area contributed by atoms with Crippen LogP contribution in [0.15, 0.2) is 48.7 Å². The van der Waals surface area contributed by atoms with Crippen LogP contribution in [0.25, 0.3) is 33.3 Å². The molecule has 4 aromatic rings. The highest BCUT2D eigenvalue weighted by molar-refractivity contribution is 5.98. The van der Waals surface area contributed by atoms with E-state index in [-0.39, 0.29) is 17.5 Å². The predicted molar refractivity (Wildman–Crippen MR) is 129 cm³/mol. The molecule has 2 aromatic carbocycles. The van der Waals surface area contributed by atoms with Gasteiger partial charge < -0.3 is 15.2 Å². The SMILES string of the molecule is Cn1cc2cc(-c3c(-c4ccc(C#N)c(F)c4)cc(C(=O)NC4CCCNC4)n3C)ccc2n1. The average molecular weight is 457 g/mol. The molecule has 5 rings (SSSR count). The zero-order valence-electron chi connectivity index (χ0n) is 19.1. The third-order valence-corrected chi connectivity index (χ3v) is 6.39. The first kappa shape index (κ1) is 21.9. The number of nitriles is 1. The summed E-state index contributed by atoms with van der Waals surface area (Å²) in [5.74, 6) is -0.753. The second-order valence-corrected chi connectivity index (χ2v) is 8.75. The van der Waals surface area contributed by atoms with Crippen LogP contribution in [0.3, 0.4) is 0 Å². The van der Waals surface area contributed by atoms with E-state index in [1.807, 2.05) is 49.1 Å². The van der Waals surface area contributed by atoms with Crippen LogP contribution in [0.2, 0.25) is 0 Å². The largest absolute Gasteiger partial charge is 0.347 e. The lowest BCUT2D eigenvalue weighted by atomic mass is 9.99. The molecule has 1 aliphatic heterocycles. The Hall–Kier alpha value is -3.96. The van der Waals surface area contributed by atoms with E-state index in [0.29, 0.717) is 11.3 Å². The Morgan fingerprint density at radius 1 is 1.21 bits per heavy atom. The van der Waals surface area contributed by atoms with Gasteiger partial charge in [-0.2, -0.15) is 10.4 Å². The minimum absolute atomic E-state index is 0.0132. The number of rotatable bonds is 4. The first-order chi connectivity index (χ1) is 16.4. The van der Waals surface area contributed by atoms with Crippen molar-refractivity contribution in [3.63, 3.8) is 0 Å². The zero-order valence-corrected chi connectivity index (χ0v) is 19.1. The van der Waals surface area contributed by atoms with Crippen LogP contribution in [0.5, 0.6) is 0 Å². The Morgan fingerprint density at radius 2 is 2.03 bits per heavy atom. The number of hydrogen-bond acceptors (Lipinski definition) is 4. The van der Waals surface area contributed by atoms with Gasteiger partial charge in [0.15, 0.2) is 0 Å². The smallest absolute Gasteiger partial charge is 0.268 e. The molecular weight excluding hydrogens is 431 g/mol. The summed E-state index contributed by atoms with van der Waals surface area (Å²) in [5, 5.41) is 21.0. The molecule has 0 aliphatic carbocycles. The lowest BCUT2D eigenvalue weighted by Gasteiger charge is -2.23. The summed E-state index contributed by atoms with van der Waals surface area (Å²) in [4.78, 5) is 13.3. The molecule has 34 heavy (non-hydrogen) atoms. The fraction of sp³-hybridized carbons (Fsp3) is 0.269. The maximum Gasteiger partial charge on any atom is 0.268 e. The molecule has 1 amide bonds. The van der Waals surface area contributed by atoms with Crippen molar-refractivity contribution in [2.45, 2.75) is 18.9 Å². The highest BCUT2D eigenvalue weighted by Gasteiger charge is 2.23. The number of halogens is 1. The molecule has 2 aromatic heterocycles. The van der Waals surface area contributed by atoms with E-state index in [9.17, 15) is 9.18 Å². The Morgan fingerprint density at radius 3 is 2.76 bits per heavy atom. The normalized spacial score (nSPS) is 15.9. The molecule has 0 radical (unpaired) electrons. The third kappa shape index (κ3) is 3.95. The van der Waals surface area contributed by atoms with Gasteiger partial charge in [-0.15, -0.1) is 0 Å². The van der Waals surface area contributed by atoms with Crippen LogP contribution in [0, 0.1) is 17.1 Å². The topological polar surface area (TPSA) is 87.7 Å². The van der Waals surface area contributed by atoms with E-state index in [0.717, 1.165) is 53.7 Å². The van der Waals surface area contributed by atoms with E-state index in [1.54, 1.807) is 16.8 Å². The van der Waals surface area contributed by atoms with Crippen LogP contribution < -0.4 is 10.6 Å². The molecule has 3 heterocycles. The number of carbonyl (C=O) groups excluding carboxylic acids is 1. The Bertz CT molecular complexity index is 1440. The summed E-state index contributed by atoms with van der Waals surface area (Å²) < 4.78 is 18.1. The number of fused-ring (bicyclic) bond motifs is 1. The number of carbonyl (C=O) groups is 1. The molecule has 172 valence electrons. The van der Waals surface area contributed by atoms with Gasteiger partial charge in [0.05, 0.1) is 16.8 Å². The monoisotopic (exact) mass is 456 g/mol. The van der Waals surface area contributed by atoms with Gasteiger partial charge in [0.25, 0.3) is 5.91 Å². The second-order valence-electron chi connectivity index (χ2n) is 8.75. The van der Waals surface area contributed by atoms with Gasteiger partial charge in [-0.3, -0.25) is 9.48 Å². The molecule has 1 unspecified atom stereocenters. The number of benzene rings is 2. The molecule has 0 spiro atoms. The molecule has 1 atom stereocenters. The standard InChI is InChI=1S/C26H25FN6O/c1-32-15-19-10-17(7-8-23(19)31-32)25-21(16-5-6-18(13-28)22(27)11-16)12-24(33(25)2)26(34)30-20-4-3-9-29-14-20/h5-8,10-12,15,20,29H,3-4,9,14H2,1-2H3,(H,30,34). The van der Waals surface area contributed by atoms with E-state index >= 15 is 0 Å². The Kier molecular flexibility index (Phi) is 5.64. The van der Waals surface area contributed by atoms with Gasteiger partial charge in [0.1, 0.15) is 17.6 Å². The molecule has 2 N–H and O–H groups in total. The maximum absolute atomic E-state index is 14.5. The Balaban J connectivity index is 1.63. The number of nitrogens with one attached hydrogen (secondary N) is 2. The minimum Gasteiger partial charge on any atom is -0.347 e. The fourth-order valence-corrected chi connectivity index (χ4v) is 4.69. The molecule has 1 fully saturated rings. The predicted octanol–water partition coefficient (Wildman–Crippen LogP) is 3.74. The van der Waals surface area contributed by atoms with Crippen LogP contribution in [-0.2, 0) is 14.1 Å². The van der Waals surface area contributed by atoms with Crippen molar-refractivity contribution in [1.82, 2.24) is 25.0 Å². The van der Waals surface area contributed by atoms with Gasteiger partial charge in [-0.1, -0.05) is 12.1 Å². The van der Waals surface area contributed by atoms with Gasteiger partial charge in [-0.25, -0.2) is 4.39 Å². The highest BCUT2D eigenvalue weighted by Crippen LogP contribution is 2.36. The van der Waals surface area contributed by atoms with Gasteiger partial charge in [-0.05, 0) is 60.8 Å². The van der Waals surface area contributed by atoms with Gasteiger partial charge >= 0.3 is 0 Å². The van der Waals surface area contributed by atoms with Crippen LogP contribution in [-0.4, -0.2) is 39.4 Å². The van der Waals surface area contributed by atoms with Crippen molar-refractivity contribution in [1.29, 1.82) is 5.26 Å². The van der Waals surface area contributed by atoms with Crippen molar-refractivity contribution in [2.75, 3.05) is 13.1 Å². The van der Waals surface area contributed by atoms with Gasteiger partial charge in [0, 0.05) is 43.8 Å². The molecular formula is C26H25FN6O. The molecule has 7 nitrogen and oxygen atoms in total. The molecule has 1 saturated heterocycles. The molecule has 8 heteroatoms. The van der Waals surface area contributed by atoms with Crippen LogP contribution in [0.1, 0.15) is 28.9 Å². The van der Waals surface area contributed by atoms with Gasteiger partial charge in [0.2, 0.25) is 0 Å². The van der Waals surface area contributed by atoms with Crippen molar-refractivity contribution in [2.24, 2.45) is 14.1 Å². The highest BCUT2D eigenvalue weighted by atomic mass is 19.1. The summed E-state index contributed by atoms with van der Waals surface area (Å²) >= 11 is 0. The van der Waals surface area contributed by atoms with Crippen molar-refractivity contribution < 1.29 is 9.18 Å². The first-order valence-corrected chi connectivity index (χ1v) is 11.3. The zero-order chi connectivity index (χ0) is 23.8. The third-order valence-electron chi connectivity index (χ3n) is 6.39. The number of amides is 1. The number of piperidine rings is 1. The summed E-state index contributed by atoms with van der Waals surface area (Å²) in [5.41, 5.74) is 4.36. The summed E-state index contributed by atoms with van der Waals surface area (Å²) in [6.45, 7) is 1.71. The van der Waals surface area contributed by atoms with Crippen LogP contribution in [0.4, 0.5) is 4.39 Å². The number of nitrogens with zero attached hydrogens (tertiary/aromatic N) is 4. The fourth-order valence-electron chi connectivity index (χ4n) is 4.69. The quantitative estimate of drug-likeness (QED) is 0.490. The average Bonchev–Trinajstić information content (AvgIpc) is 3.37. The summed E-state index contributed by atoms with van der Waals surface area (Å²) in [7, 11) is 3.72. The van der Waals surface area contributed by atoms with E-state index in [4.69, 9.17) is 5.26 Å². The maximum atomic E-state index is 14.5. The summed E-state index contributed by atoms with van der Waals surface area (Å²) in [6.07, 6.45) is 3.89. The van der Waals surface area contributed by atoms with E-state index in [1.165, 1.54) is 12.1 Å². The Labute approximate surface area is 196 Å². The molecule has 0 saturated carbocycles. The lowest BCUT2D eigenvalue weighted by molar-refractivity contribution is 0.0922. The second kappa shape index (κ2) is 8.76. The van der Waals surface area contributed by atoms with Crippen molar-refractivity contribution in [3.05, 3.63) is 65.7 Å². The van der Waals surface area contributed by atoms with Crippen molar-refractivity contribution in [3.8, 4) is 28.5 Å². The first-order valence-electron chi connectivity index (χ1n) is 11.3. The summed E-state index contributed by atoms with van der Waals surface area (Å²) in [6, 6.07) is 14.2. The molecule has 1 aliphatic rings. The minimum atomic E-state index is -0.586.